The second kappa shape index (κ2) is 4.75. The molecule has 0 aromatic heterocycles. The van der Waals surface area contributed by atoms with E-state index in [1.807, 2.05) is 0 Å². The topological polar surface area (TPSA) is 61.5 Å². The second-order valence-electron chi connectivity index (χ2n) is 4.10. The summed E-state index contributed by atoms with van der Waals surface area (Å²) in [5, 5.41) is 0. The summed E-state index contributed by atoms with van der Waals surface area (Å²) in [6.45, 7) is 4.71. The van der Waals surface area contributed by atoms with Crippen LogP contribution in [0.5, 0.6) is 0 Å². The smallest absolute Gasteiger partial charge is 0.328 e. The third-order valence-electron chi connectivity index (χ3n) is 2.19. The standard InChI is InChI=1S/C10H19NO3/c1-3-14-9(12)10(2,11)7-13-6-8-4-5-8/h8H,3-7,11H2,1-2H3. The fourth-order valence-corrected chi connectivity index (χ4v) is 1.08. The SMILES string of the molecule is CCOC(=O)C(C)(N)COCC1CC1. The van der Waals surface area contributed by atoms with Crippen LogP contribution in [0.25, 0.3) is 0 Å². The highest BCUT2D eigenvalue weighted by Gasteiger charge is 2.31. The first-order chi connectivity index (χ1) is 6.56. The summed E-state index contributed by atoms with van der Waals surface area (Å²) in [5.41, 5.74) is 4.74. The summed E-state index contributed by atoms with van der Waals surface area (Å²) in [5.74, 6) is 0.295. The van der Waals surface area contributed by atoms with Crippen LogP contribution in [0.1, 0.15) is 26.7 Å². The Morgan fingerprint density at radius 2 is 2.21 bits per heavy atom. The minimum atomic E-state index is -1.01. The van der Waals surface area contributed by atoms with Crippen molar-refractivity contribution in [2.24, 2.45) is 11.7 Å². The van der Waals surface area contributed by atoms with Crippen LogP contribution in [0.3, 0.4) is 0 Å². The largest absolute Gasteiger partial charge is 0.465 e. The van der Waals surface area contributed by atoms with E-state index in [4.69, 9.17) is 15.2 Å². The highest BCUT2D eigenvalue weighted by atomic mass is 16.5. The van der Waals surface area contributed by atoms with Crippen LogP contribution in [0.2, 0.25) is 0 Å². The predicted molar refractivity (Wildman–Crippen MR) is 52.8 cm³/mol. The van der Waals surface area contributed by atoms with Gasteiger partial charge >= 0.3 is 5.97 Å². The lowest BCUT2D eigenvalue weighted by molar-refractivity contribution is -0.151. The number of hydrogen-bond donors (Lipinski definition) is 1. The van der Waals surface area contributed by atoms with Gasteiger partial charge in [-0.05, 0) is 32.6 Å². The maximum absolute atomic E-state index is 11.3. The highest BCUT2D eigenvalue weighted by Crippen LogP contribution is 2.28. The van der Waals surface area contributed by atoms with E-state index in [0.717, 1.165) is 0 Å². The van der Waals surface area contributed by atoms with Gasteiger partial charge < -0.3 is 15.2 Å². The van der Waals surface area contributed by atoms with Crippen molar-refractivity contribution >= 4 is 5.97 Å². The maximum Gasteiger partial charge on any atom is 0.328 e. The quantitative estimate of drug-likeness (QED) is 0.642. The number of carbonyl (C=O) groups excluding carboxylic acids is 1. The number of nitrogens with two attached hydrogens (primary N) is 1. The van der Waals surface area contributed by atoms with Gasteiger partial charge in [-0.2, -0.15) is 0 Å². The van der Waals surface area contributed by atoms with E-state index in [2.05, 4.69) is 0 Å². The van der Waals surface area contributed by atoms with Gasteiger partial charge in [-0.3, -0.25) is 0 Å². The van der Waals surface area contributed by atoms with Gasteiger partial charge in [-0.15, -0.1) is 0 Å². The Morgan fingerprint density at radius 3 is 2.71 bits per heavy atom. The van der Waals surface area contributed by atoms with Crippen molar-refractivity contribution in [1.82, 2.24) is 0 Å². The van der Waals surface area contributed by atoms with Crippen LogP contribution in [0, 0.1) is 5.92 Å². The van der Waals surface area contributed by atoms with Crippen molar-refractivity contribution < 1.29 is 14.3 Å². The monoisotopic (exact) mass is 201 g/mol. The molecule has 82 valence electrons. The van der Waals surface area contributed by atoms with Gasteiger partial charge in [0.25, 0.3) is 0 Å². The molecule has 4 nitrogen and oxygen atoms in total. The highest BCUT2D eigenvalue weighted by molar-refractivity contribution is 5.80. The molecule has 0 saturated heterocycles. The molecule has 1 aliphatic carbocycles. The molecule has 2 N–H and O–H groups in total. The number of hydrogen-bond acceptors (Lipinski definition) is 4. The molecule has 0 amide bonds. The van der Waals surface area contributed by atoms with E-state index in [9.17, 15) is 4.79 Å². The Balaban J connectivity index is 2.20. The van der Waals surface area contributed by atoms with E-state index >= 15 is 0 Å². The molecular weight excluding hydrogens is 182 g/mol. The van der Waals surface area contributed by atoms with E-state index in [-0.39, 0.29) is 6.61 Å². The molecule has 0 radical (unpaired) electrons. The molecule has 1 unspecified atom stereocenters. The Kier molecular flexibility index (Phi) is 3.89. The summed E-state index contributed by atoms with van der Waals surface area (Å²) in [7, 11) is 0. The molecule has 1 atom stereocenters. The van der Waals surface area contributed by atoms with Gasteiger partial charge in [-0.1, -0.05) is 0 Å². The van der Waals surface area contributed by atoms with Crippen LogP contribution in [0.4, 0.5) is 0 Å². The molecule has 0 spiro atoms. The fraction of sp³-hybridized carbons (Fsp3) is 0.900. The van der Waals surface area contributed by atoms with E-state index in [0.29, 0.717) is 19.1 Å². The molecular formula is C10H19NO3. The number of esters is 1. The zero-order chi connectivity index (χ0) is 10.6. The molecule has 14 heavy (non-hydrogen) atoms. The van der Waals surface area contributed by atoms with Gasteiger partial charge in [0, 0.05) is 6.61 Å². The Bertz CT molecular complexity index is 200. The minimum absolute atomic E-state index is 0.238. The van der Waals surface area contributed by atoms with Crippen LogP contribution < -0.4 is 5.73 Å². The van der Waals surface area contributed by atoms with Gasteiger partial charge in [-0.25, -0.2) is 4.79 Å². The predicted octanol–water partition coefficient (Wildman–Crippen LogP) is 0.693. The minimum Gasteiger partial charge on any atom is -0.465 e. The average Bonchev–Trinajstić information content (AvgIpc) is 2.88. The third kappa shape index (κ3) is 3.64. The summed E-state index contributed by atoms with van der Waals surface area (Å²) in [6, 6.07) is 0. The zero-order valence-corrected chi connectivity index (χ0v) is 8.91. The molecule has 0 aromatic carbocycles. The van der Waals surface area contributed by atoms with Gasteiger partial charge in [0.2, 0.25) is 0 Å². The van der Waals surface area contributed by atoms with Crippen molar-refractivity contribution in [3.05, 3.63) is 0 Å². The molecule has 0 bridgehead atoms. The summed E-state index contributed by atoms with van der Waals surface area (Å²) in [4.78, 5) is 11.3. The Labute approximate surface area is 84.7 Å². The third-order valence-corrected chi connectivity index (χ3v) is 2.19. The van der Waals surface area contributed by atoms with Crippen molar-refractivity contribution in [3.8, 4) is 0 Å². The molecule has 1 fully saturated rings. The second-order valence-corrected chi connectivity index (χ2v) is 4.10. The van der Waals surface area contributed by atoms with E-state index in [1.165, 1.54) is 12.8 Å². The lowest BCUT2D eigenvalue weighted by Gasteiger charge is -2.21. The summed E-state index contributed by atoms with van der Waals surface area (Å²) < 4.78 is 10.2. The van der Waals surface area contributed by atoms with Crippen LogP contribution in [-0.2, 0) is 14.3 Å². The number of rotatable bonds is 6. The first kappa shape index (κ1) is 11.5. The average molecular weight is 201 g/mol. The number of carbonyl (C=O) groups is 1. The van der Waals surface area contributed by atoms with Crippen molar-refractivity contribution in [1.29, 1.82) is 0 Å². The Morgan fingerprint density at radius 1 is 1.57 bits per heavy atom. The molecule has 4 heteroatoms. The van der Waals surface area contributed by atoms with Gasteiger partial charge in [0.15, 0.2) is 0 Å². The molecule has 0 heterocycles. The zero-order valence-electron chi connectivity index (χ0n) is 8.91. The normalized spacial score (nSPS) is 20.2. The Hall–Kier alpha value is -0.610. The lowest BCUT2D eigenvalue weighted by Crippen LogP contribution is -2.50. The molecule has 0 aromatic rings. The maximum atomic E-state index is 11.3. The lowest BCUT2D eigenvalue weighted by atomic mass is 10.1. The first-order valence-corrected chi connectivity index (χ1v) is 5.10. The van der Waals surface area contributed by atoms with Crippen molar-refractivity contribution in [2.75, 3.05) is 19.8 Å². The van der Waals surface area contributed by atoms with Crippen molar-refractivity contribution in [3.63, 3.8) is 0 Å². The molecule has 1 aliphatic rings. The van der Waals surface area contributed by atoms with E-state index in [1.54, 1.807) is 13.8 Å². The van der Waals surface area contributed by atoms with Gasteiger partial charge in [0.05, 0.1) is 13.2 Å². The summed E-state index contributed by atoms with van der Waals surface area (Å²) >= 11 is 0. The molecule has 0 aliphatic heterocycles. The first-order valence-electron chi connectivity index (χ1n) is 5.10. The van der Waals surface area contributed by atoms with E-state index < -0.39 is 11.5 Å². The number of ether oxygens (including phenoxy) is 2. The van der Waals surface area contributed by atoms with Crippen molar-refractivity contribution in [2.45, 2.75) is 32.2 Å². The van der Waals surface area contributed by atoms with Crippen LogP contribution >= 0.6 is 0 Å². The van der Waals surface area contributed by atoms with Crippen LogP contribution in [0.15, 0.2) is 0 Å². The fourth-order valence-electron chi connectivity index (χ4n) is 1.08. The van der Waals surface area contributed by atoms with Crippen LogP contribution in [-0.4, -0.2) is 31.3 Å². The summed E-state index contributed by atoms with van der Waals surface area (Å²) in [6.07, 6.45) is 2.47. The molecule has 1 rings (SSSR count). The molecule has 1 saturated carbocycles. The van der Waals surface area contributed by atoms with Gasteiger partial charge in [0.1, 0.15) is 5.54 Å².